The first-order valence-electron chi connectivity index (χ1n) is 6.28. The Labute approximate surface area is 126 Å². The lowest BCUT2D eigenvalue weighted by molar-refractivity contribution is -0.385. The molecule has 0 aromatic heterocycles. The Balaban J connectivity index is 2.27. The van der Waals surface area contributed by atoms with Crippen LogP contribution in [0.2, 0.25) is 5.02 Å². The van der Waals surface area contributed by atoms with Crippen molar-refractivity contribution in [1.82, 2.24) is 0 Å². The van der Waals surface area contributed by atoms with Gasteiger partial charge < -0.3 is 9.84 Å². The maximum atomic E-state index is 11.0. The number of nitro groups is 1. The van der Waals surface area contributed by atoms with Crippen LogP contribution in [0, 0.1) is 17.0 Å². The number of nitro benzene ring substituents is 1. The van der Waals surface area contributed by atoms with Crippen LogP contribution in [0.25, 0.3) is 0 Å². The van der Waals surface area contributed by atoms with Crippen molar-refractivity contribution in [3.8, 4) is 5.75 Å². The highest BCUT2D eigenvalue weighted by atomic mass is 35.5. The van der Waals surface area contributed by atoms with Crippen LogP contribution in [0.5, 0.6) is 5.75 Å². The van der Waals surface area contributed by atoms with Gasteiger partial charge in [0.25, 0.3) is 5.69 Å². The first-order valence-corrected chi connectivity index (χ1v) is 6.65. The van der Waals surface area contributed by atoms with Gasteiger partial charge in [-0.05, 0) is 19.1 Å². The summed E-state index contributed by atoms with van der Waals surface area (Å²) in [4.78, 5) is 10.5. The van der Waals surface area contributed by atoms with E-state index in [2.05, 4.69) is 0 Å². The van der Waals surface area contributed by atoms with Crippen LogP contribution in [0.4, 0.5) is 5.69 Å². The molecule has 0 saturated heterocycles. The van der Waals surface area contributed by atoms with Gasteiger partial charge in [0, 0.05) is 11.6 Å². The zero-order valence-electron chi connectivity index (χ0n) is 11.4. The van der Waals surface area contributed by atoms with Crippen LogP contribution >= 0.6 is 11.6 Å². The van der Waals surface area contributed by atoms with Gasteiger partial charge in [-0.3, -0.25) is 10.1 Å². The highest BCUT2D eigenvalue weighted by molar-refractivity contribution is 6.31. The number of halogens is 1. The Morgan fingerprint density at radius 3 is 2.76 bits per heavy atom. The Morgan fingerprint density at radius 1 is 1.33 bits per heavy atom. The van der Waals surface area contributed by atoms with Crippen molar-refractivity contribution in [2.75, 3.05) is 0 Å². The topological polar surface area (TPSA) is 72.6 Å². The fraction of sp³-hybridized carbons (Fsp3) is 0.200. The van der Waals surface area contributed by atoms with E-state index < -0.39 is 4.92 Å². The molecule has 0 fully saturated rings. The number of nitrogens with zero attached hydrogens (tertiary/aromatic N) is 1. The van der Waals surface area contributed by atoms with Crippen LogP contribution < -0.4 is 4.74 Å². The fourth-order valence-corrected chi connectivity index (χ4v) is 2.21. The van der Waals surface area contributed by atoms with E-state index in [1.165, 1.54) is 12.1 Å². The van der Waals surface area contributed by atoms with Crippen LogP contribution in [0.3, 0.4) is 0 Å². The van der Waals surface area contributed by atoms with E-state index in [1.807, 2.05) is 13.0 Å². The molecule has 6 heteroatoms. The normalized spacial score (nSPS) is 10.4. The van der Waals surface area contributed by atoms with Crippen molar-refractivity contribution in [2.45, 2.75) is 20.1 Å². The standard InChI is InChI=1S/C15H14ClNO4/c1-10-5-6-15(11(7-10)8-18)21-9-12-13(16)3-2-4-14(12)17(19)20/h2-7,18H,8-9H2,1H3. The number of aryl methyl sites for hydroxylation is 1. The van der Waals surface area contributed by atoms with Gasteiger partial charge >= 0.3 is 0 Å². The number of benzene rings is 2. The quantitative estimate of drug-likeness (QED) is 0.676. The van der Waals surface area contributed by atoms with Gasteiger partial charge in [0.15, 0.2) is 0 Å². The van der Waals surface area contributed by atoms with Crippen LogP contribution in [-0.4, -0.2) is 10.0 Å². The highest BCUT2D eigenvalue weighted by Gasteiger charge is 2.17. The SMILES string of the molecule is Cc1ccc(OCc2c(Cl)cccc2[N+](=O)[O-])c(CO)c1. The number of aliphatic hydroxyl groups excluding tert-OH is 1. The molecular formula is C15H14ClNO4. The first kappa shape index (κ1) is 15.3. The van der Waals surface area contributed by atoms with Crippen molar-refractivity contribution < 1.29 is 14.8 Å². The summed E-state index contributed by atoms with van der Waals surface area (Å²) in [5.74, 6) is 0.484. The van der Waals surface area contributed by atoms with Crippen molar-refractivity contribution >= 4 is 17.3 Å². The molecule has 0 spiro atoms. The maximum absolute atomic E-state index is 11.0. The molecular weight excluding hydrogens is 294 g/mol. The van der Waals surface area contributed by atoms with Crippen LogP contribution in [0.15, 0.2) is 36.4 Å². The lowest BCUT2D eigenvalue weighted by Gasteiger charge is -2.12. The van der Waals surface area contributed by atoms with Gasteiger partial charge in [-0.2, -0.15) is 0 Å². The van der Waals surface area contributed by atoms with E-state index in [1.54, 1.807) is 18.2 Å². The zero-order chi connectivity index (χ0) is 15.4. The molecule has 0 amide bonds. The number of rotatable bonds is 5. The number of hydrogen-bond acceptors (Lipinski definition) is 4. The minimum atomic E-state index is -0.493. The molecule has 0 saturated carbocycles. The molecule has 0 bridgehead atoms. The monoisotopic (exact) mass is 307 g/mol. The summed E-state index contributed by atoms with van der Waals surface area (Å²) < 4.78 is 5.59. The van der Waals surface area contributed by atoms with E-state index in [4.69, 9.17) is 16.3 Å². The second-order valence-electron chi connectivity index (χ2n) is 4.55. The van der Waals surface area contributed by atoms with Crippen molar-refractivity contribution in [1.29, 1.82) is 0 Å². The molecule has 0 aliphatic heterocycles. The predicted molar refractivity (Wildman–Crippen MR) is 79.5 cm³/mol. The summed E-state index contributed by atoms with van der Waals surface area (Å²) >= 11 is 6.00. The summed E-state index contributed by atoms with van der Waals surface area (Å²) in [6.07, 6.45) is 0. The van der Waals surface area contributed by atoms with Crippen LogP contribution in [0.1, 0.15) is 16.7 Å². The van der Waals surface area contributed by atoms with Gasteiger partial charge in [0.1, 0.15) is 12.4 Å². The van der Waals surface area contributed by atoms with Crippen LogP contribution in [-0.2, 0) is 13.2 Å². The highest BCUT2D eigenvalue weighted by Crippen LogP contribution is 2.28. The largest absolute Gasteiger partial charge is 0.488 e. The molecule has 0 aliphatic rings. The van der Waals surface area contributed by atoms with Gasteiger partial charge in [-0.25, -0.2) is 0 Å². The second kappa shape index (κ2) is 6.56. The third-order valence-corrected chi connectivity index (χ3v) is 3.40. The minimum Gasteiger partial charge on any atom is -0.488 e. The average molecular weight is 308 g/mol. The van der Waals surface area contributed by atoms with Gasteiger partial charge in [-0.1, -0.05) is 35.4 Å². The lowest BCUT2D eigenvalue weighted by Crippen LogP contribution is -2.03. The average Bonchev–Trinajstić information content (AvgIpc) is 2.46. The molecule has 0 unspecified atom stereocenters. The Hall–Kier alpha value is -2.11. The maximum Gasteiger partial charge on any atom is 0.277 e. The summed E-state index contributed by atoms with van der Waals surface area (Å²) in [5, 5.41) is 20.6. The third-order valence-electron chi connectivity index (χ3n) is 3.05. The van der Waals surface area contributed by atoms with Crippen molar-refractivity contribution in [2.24, 2.45) is 0 Å². The van der Waals surface area contributed by atoms with E-state index in [0.717, 1.165) is 5.56 Å². The number of hydrogen-bond donors (Lipinski definition) is 1. The third kappa shape index (κ3) is 3.51. The molecule has 0 aliphatic carbocycles. The van der Waals surface area contributed by atoms with Gasteiger partial charge in [0.05, 0.1) is 22.1 Å². The molecule has 0 radical (unpaired) electrons. The summed E-state index contributed by atoms with van der Waals surface area (Å²) in [5.41, 5.74) is 1.86. The van der Waals surface area contributed by atoms with Gasteiger partial charge in [0.2, 0.25) is 0 Å². The fourth-order valence-electron chi connectivity index (χ4n) is 1.98. The lowest BCUT2D eigenvalue weighted by atomic mass is 10.1. The molecule has 21 heavy (non-hydrogen) atoms. The predicted octanol–water partition coefficient (Wildman–Crippen LogP) is 3.63. The molecule has 5 nitrogen and oxygen atoms in total. The van der Waals surface area contributed by atoms with E-state index in [0.29, 0.717) is 16.9 Å². The summed E-state index contributed by atoms with van der Waals surface area (Å²) in [7, 11) is 0. The Kier molecular flexibility index (Phi) is 4.77. The Morgan fingerprint density at radius 2 is 2.10 bits per heavy atom. The van der Waals surface area contributed by atoms with E-state index in [9.17, 15) is 15.2 Å². The van der Waals surface area contributed by atoms with Gasteiger partial charge in [-0.15, -0.1) is 0 Å². The molecule has 1 N–H and O–H groups in total. The second-order valence-corrected chi connectivity index (χ2v) is 4.96. The number of aliphatic hydroxyl groups is 1. The molecule has 2 rings (SSSR count). The summed E-state index contributed by atoms with van der Waals surface area (Å²) in [6, 6.07) is 9.85. The Bertz CT molecular complexity index is 673. The molecule has 0 heterocycles. The van der Waals surface area contributed by atoms with E-state index in [-0.39, 0.29) is 23.9 Å². The first-order chi connectivity index (χ1) is 10.0. The summed E-state index contributed by atoms with van der Waals surface area (Å²) in [6.45, 7) is 1.70. The zero-order valence-corrected chi connectivity index (χ0v) is 12.1. The van der Waals surface area contributed by atoms with Crippen molar-refractivity contribution in [3.63, 3.8) is 0 Å². The minimum absolute atomic E-state index is 0.0357. The molecule has 0 atom stereocenters. The molecule has 2 aromatic carbocycles. The molecule has 2 aromatic rings. The number of ether oxygens (including phenoxy) is 1. The smallest absolute Gasteiger partial charge is 0.277 e. The van der Waals surface area contributed by atoms with E-state index >= 15 is 0 Å². The molecule has 110 valence electrons. The van der Waals surface area contributed by atoms with Crippen molar-refractivity contribution in [3.05, 3.63) is 68.2 Å².